The first-order valence-electron chi connectivity index (χ1n) is 21.4. The summed E-state index contributed by atoms with van der Waals surface area (Å²) in [7, 11) is -2.89. The molecule has 60 heavy (non-hydrogen) atoms. The fourth-order valence-electron chi connectivity index (χ4n) is 4.58. The third kappa shape index (κ3) is 34.7. The lowest BCUT2D eigenvalue weighted by Gasteiger charge is -2.27. The van der Waals surface area contributed by atoms with E-state index in [-0.39, 0.29) is 0 Å². The van der Waals surface area contributed by atoms with Crippen molar-refractivity contribution in [2.24, 2.45) is 0 Å². The number of ether oxygens (including phenoxy) is 2. The molecular weight excluding hydrogens is 860 g/mol. The molecule has 0 bridgehead atoms. The summed E-state index contributed by atoms with van der Waals surface area (Å²) in [6, 6.07) is 0. The van der Waals surface area contributed by atoms with Gasteiger partial charge in [0.25, 0.3) is 0 Å². The van der Waals surface area contributed by atoms with Gasteiger partial charge in [0, 0.05) is 134 Å². The van der Waals surface area contributed by atoms with E-state index in [2.05, 4.69) is 28.2 Å². The van der Waals surface area contributed by atoms with Crippen LogP contribution >= 0.6 is 0 Å². The van der Waals surface area contributed by atoms with Crippen LogP contribution < -0.4 is 21.3 Å². The van der Waals surface area contributed by atoms with E-state index in [9.17, 15) is 0 Å². The van der Waals surface area contributed by atoms with Gasteiger partial charge in [0.1, 0.15) is 0 Å². The molecule has 0 aromatic heterocycles. The highest BCUT2D eigenvalue weighted by Gasteiger charge is 2.46. The Bertz CT molecular complexity index is 867. The topological polar surface area (TPSA) is 205 Å². The highest BCUT2D eigenvalue weighted by molar-refractivity contribution is 6.54. The lowest BCUT2D eigenvalue weighted by atomic mass is 10.5. The van der Waals surface area contributed by atoms with Crippen LogP contribution in [-0.4, -0.2) is 222 Å². The van der Waals surface area contributed by atoms with Gasteiger partial charge in [-0.15, -0.1) is 0 Å². The first-order chi connectivity index (χ1) is 29.2. The number of nitrogens with one attached hydrogen (secondary N) is 4. The van der Waals surface area contributed by atoms with E-state index in [4.69, 9.17) is 74.0 Å². The zero-order valence-electron chi connectivity index (χ0n) is 39.0. The fourth-order valence-corrected chi connectivity index (χ4v) is 11.2. The van der Waals surface area contributed by atoms with E-state index < -0.39 is 42.3 Å². The lowest BCUT2D eigenvalue weighted by molar-refractivity contribution is -0.0300. The molecule has 0 aliphatic carbocycles. The van der Waals surface area contributed by atoms with Gasteiger partial charge in [-0.3, -0.25) is 0 Å². The van der Waals surface area contributed by atoms with Crippen LogP contribution in [0.1, 0.15) is 54.9 Å². The van der Waals surface area contributed by atoms with Crippen molar-refractivity contribution in [2.45, 2.75) is 54.9 Å². The molecule has 0 heterocycles. The van der Waals surface area contributed by atoms with Gasteiger partial charge >= 0.3 is 42.3 Å². The van der Waals surface area contributed by atoms with Gasteiger partial charge in [-0.25, -0.2) is 0 Å². The van der Waals surface area contributed by atoms with Gasteiger partial charge in [0.15, 0.2) is 0 Å². The Kier molecular flexibility index (Phi) is 47.8. The quantitative estimate of drug-likeness (QED) is 0.0496. The summed E-state index contributed by atoms with van der Waals surface area (Å²) in [4.78, 5) is 0. The second-order valence-corrected chi connectivity index (χ2v) is 20.1. The Hall–Kier alpha value is 0.343. The van der Waals surface area contributed by atoms with Gasteiger partial charge in [-0.1, -0.05) is 6.92 Å². The summed E-state index contributed by atoms with van der Waals surface area (Å²) < 4.78 is 95.3. The van der Waals surface area contributed by atoms with Crippen molar-refractivity contribution in [2.75, 3.05) is 180 Å². The average Bonchev–Trinajstić information content (AvgIpc) is 3.24. The van der Waals surface area contributed by atoms with Gasteiger partial charge in [-0.05, 0) is 48.0 Å². The molecule has 0 aromatic carbocycles. The smallest absolute Gasteiger partial charge is 0.457 e. The van der Waals surface area contributed by atoms with Crippen molar-refractivity contribution >= 4 is 42.3 Å². The minimum atomic E-state index is -3.19. The highest BCUT2D eigenvalue weighted by atomic mass is 28.4. The monoisotopic (exact) mass is 945 g/mol. The van der Waals surface area contributed by atoms with E-state index in [0.717, 1.165) is 19.5 Å². The maximum Gasteiger partial charge on any atom is 0.905 e. The summed E-state index contributed by atoms with van der Waals surface area (Å²) in [5, 5.41) is 12.9. The predicted octanol–water partition coefficient (Wildman–Crippen LogP) is 0.954. The molecule has 0 aromatic rings. The maximum absolute atomic E-state index is 5.94. The Morgan fingerprint density at radius 1 is 0.333 bits per heavy atom. The van der Waals surface area contributed by atoms with Crippen molar-refractivity contribution in [1.29, 1.82) is 0 Å². The van der Waals surface area contributed by atoms with Gasteiger partial charge < -0.3 is 95.2 Å². The summed E-state index contributed by atoms with van der Waals surface area (Å²) in [6.07, 6.45) is 0.947. The summed E-state index contributed by atoms with van der Waals surface area (Å²) in [5.74, 6) is 0. The largest absolute Gasteiger partial charge is 0.905 e. The Morgan fingerprint density at radius 3 is 0.900 bits per heavy atom. The Morgan fingerprint density at radius 2 is 0.617 bits per heavy atom. The molecule has 0 rings (SSSR count). The molecule has 21 nitrogen and oxygen atoms in total. The molecule has 0 saturated heterocycles. The van der Waals surface area contributed by atoms with E-state index in [1.807, 2.05) is 41.5 Å². The Labute approximate surface area is 371 Å². The van der Waals surface area contributed by atoms with Crippen LogP contribution in [0.5, 0.6) is 0 Å². The standard InChI is InChI=1S/C18H44N2O9Si2.C13H31N2O6Si.C3H7O.CH3O.Al/c1-7-23-30(22-6,24-8-2)27-16-12-20-14-18-29-31(25-9-3,26-10-4)28-17-13-19-11-15-21-5;1-4-18-22(19-5-2,20-12-8-14-6-10-16)21-13-9-15-7-11-17-3;1-2-3-4;1-2;/h19-20H,7-18H2,1-6H3;14-15H,4-13H2,1-3H3;2-3H2,1H3;1H3;/q;3*-1;+3. The van der Waals surface area contributed by atoms with Crippen LogP contribution in [0, 0.1) is 0 Å². The summed E-state index contributed by atoms with van der Waals surface area (Å²) in [5.41, 5.74) is 0. The summed E-state index contributed by atoms with van der Waals surface area (Å²) >= 11 is -2.00. The summed E-state index contributed by atoms with van der Waals surface area (Å²) in [6.45, 7) is 26.0. The van der Waals surface area contributed by atoms with Crippen LogP contribution in [0.4, 0.5) is 0 Å². The zero-order chi connectivity index (χ0) is 44.9. The normalized spacial score (nSPS) is 12.2. The molecule has 0 radical (unpaired) electrons. The molecule has 0 aliphatic heterocycles. The molecule has 0 amide bonds. The van der Waals surface area contributed by atoms with Gasteiger partial charge in [-0.2, -0.15) is 0 Å². The van der Waals surface area contributed by atoms with Crippen LogP contribution in [0.3, 0.4) is 0 Å². The van der Waals surface area contributed by atoms with Crippen molar-refractivity contribution in [3.63, 3.8) is 0 Å². The van der Waals surface area contributed by atoms with Crippen molar-refractivity contribution in [3.8, 4) is 0 Å². The molecule has 4 N–H and O–H groups in total. The molecule has 362 valence electrons. The lowest BCUT2D eigenvalue weighted by Crippen LogP contribution is -2.51. The third-order valence-corrected chi connectivity index (χ3v) is 15.7. The molecule has 0 unspecified atom stereocenters. The Balaban J connectivity index is 0. The van der Waals surface area contributed by atoms with E-state index in [1.54, 1.807) is 21.3 Å². The molecule has 0 saturated carbocycles. The van der Waals surface area contributed by atoms with Crippen LogP contribution in [0.15, 0.2) is 0 Å². The van der Waals surface area contributed by atoms with Crippen LogP contribution in [-0.2, 0) is 74.0 Å². The third-order valence-electron chi connectivity index (χ3n) is 7.11. The van der Waals surface area contributed by atoms with Crippen LogP contribution in [0.25, 0.3) is 0 Å². The number of hydrogen-bond donors (Lipinski definition) is 4. The zero-order valence-corrected chi connectivity index (χ0v) is 43.1. The van der Waals surface area contributed by atoms with Gasteiger partial charge in [0.05, 0.1) is 46.2 Å². The first kappa shape index (κ1) is 62.4. The molecular formula is C35H85AlN4O17Si3. The maximum atomic E-state index is 5.94. The number of rotatable bonds is 47. The van der Waals surface area contributed by atoms with E-state index >= 15 is 0 Å². The molecule has 25 heteroatoms. The van der Waals surface area contributed by atoms with Crippen molar-refractivity contribution in [1.82, 2.24) is 21.3 Å². The molecule has 0 aliphatic rings. The van der Waals surface area contributed by atoms with Gasteiger partial charge in [0.2, 0.25) is 0 Å². The van der Waals surface area contributed by atoms with Crippen molar-refractivity contribution < 1.29 is 74.0 Å². The first-order valence-corrected chi connectivity index (χ1v) is 27.7. The minimum Gasteiger partial charge on any atom is -0.457 e. The second kappa shape index (κ2) is 45.9. The second-order valence-electron chi connectivity index (χ2n) is 11.8. The van der Waals surface area contributed by atoms with Crippen LogP contribution in [0.2, 0.25) is 0 Å². The van der Waals surface area contributed by atoms with E-state index in [0.29, 0.717) is 138 Å². The van der Waals surface area contributed by atoms with Crippen molar-refractivity contribution in [3.05, 3.63) is 0 Å². The molecule has 0 atom stereocenters. The fraction of sp³-hybridized carbons (Fsp3) is 1.00. The average molecular weight is 945 g/mol. The van der Waals surface area contributed by atoms with E-state index in [1.165, 1.54) is 7.11 Å². The predicted molar refractivity (Wildman–Crippen MR) is 234 cm³/mol. The minimum absolute atomic E-state index is 0.382. The highest BCUT2D eigenvalue weighted by Crippen LogP contribution is 2.13. The molecule has 0 fully saturated rings. The number of hydrogen-bond acceptors (Lipinski definition) is 21. The number of methoxy groups -OCH3 is 2. The SMILES string of the molecule is CCC[O][Al]([O]C)[O]CCNCCO[Si](OCC)(OCC)OCCNCCOC.CCO[Si](OC)(OCC)OCCNCCO[Si](OCC)(OCC)OCCNCCOC. The molecule has 0 spiro atoms.